The average Bonchev–Trinajstić information content (AvgIpc) is 2.46. The number of nitrogens with one attached hydrogen (secondary N) is 1. The van der Waals surface area contributed by atoms with Crippen LogP contribution in [-0.2, 0) is 6.42 Å². The molecule has 0 aromatic heterocycles. The Bertz CT molecular complexity index is 634. The normalized spacial score (nSPS) is 12.4. The molecule has 2 rings (SSSR count). The SMILES string of the molecule is CCNC(Cc1cccc(F)c1F)c1cc(Cl)ccc1Br. The van der Waals surface area contributed by atoms with Crippen molar-refractivity contribution >= 4 is 27.5 Å². The van der Waals surface area contributed by atoms with Crippen LogP contribution in [0.3, 0.4) is 0 Å². The monoisotopic (exact) mass is 373 g/mol. The topological polar surface area (TPSA) is 12.0 Å². The van der Waals surface area contributed by atoms with Crippen molar-refractivity contribution in [3.05, 3.63) is 68.7 Å². The number of benzene rings is 2. The number of likely N-dealkylation sites (N-methyl/N-ethyl adjacent to an activating group) is 1. The first kappa shape index (κ1) is 16.4. The van der Waals surface area contributed by atoms with Crippen molar-refractivity contribution in [3.63, 3.8) is 0 Å². The molecule has 0 saturated carbocycles. The quantitative estimate of drug-likeness (QED) is 0.751. The van der Waals surface area contributed by atoms with Gasteiger partial charge in [-0.05, 0) is 48.4 Å². The molecule has 0 heterocycles. The molecule has 0 aliphatic heterocycles. The molecule has 0 radical (unpaired) electrons. The minimum Gasteiger partial charge on any atom is -0.310 e. The third-order valence-electron chi connectivity index (χ3n) is 3.24. The summed E-state index contributed by atoms with van der Waals surface area (Å²) in [6.07, 6.45) is 0.344. The van der Waals surface area contributed by atoms with Gasteiger partial charge in [0.05, 0.1) is 0 Å². The van der Waals surface area contributed by atoms with E-state index in [1.54, 1.807) is 12.1 Å². The fraction of sp³-hybridized carbons (Fsp3) is 0.250. The third kappa shape index (κ3) is 4.02. The highest BCUT2D eigenvalue weighted by Gasteiger charge is 2.18. The van der Waals surface area contributed by atoms with Crippen LogP contribution in [0.15, 0.2) is 40.9 Å². The molecule has 0 aliphatic carbocycles. The van der Waals surface area contributed by atoms with E-state index in [2.05, 4.69) is 21.2 Å². The molecule has 1 unspecified atom stereocenters. The van der Waals surface area contributed by atoms with Gasteiger partial charge in [-0.15, -0.1) is 0 Å². The zero-order chi connectivity index (χ0) is 15.4. The van der Waals surface area contributed by atoms with Crippen molar-refractivity contribution in [2.24, 2.45) is 0 Å². The number of hydrogen-bond donors (Lipinski definition) is 1. The maximum atomic E-state index is 13.9. The van der Waals surface area contributed by atoms with Gasteiger partial charge in [-0.1, -0.05) is 46.6 Å². The molecular formula is C16H15BrClF2N. The second-order valence-electron chi connectivity index (χ2n) is 4.69. The first-order chi connectivity index (χ1) is 10.0. The molecule has 0 fully saturated rings. The Morgan fingerprint density at radius 2 is 2.00 bits per heavy atom. The number of halogens is 4. The van der Waals surface area contributed by atoms with Gasteiger partial charge in [-0.2, -0.15) is 0 Å². The van der Waals surface area contributed by atoms with E-state index in [1.165, 1.54) is 6.07 Å². The molecule has 1 atom stereocenters. The van der Waals surface area contributed by atoms with E-state index in [9.17, 15) is 8.78 Å². The van der Waals surface area contributed by atoms with Crippen LogP contribution in [0.5, 0.6) is 0 Å². The molecule has 21 heavy (non-hydrogen) atoms. The summed E-state index contributed by atoms with van der Waals surface area (Å²) < 4.78 is 28.1. The van der Waals surface area contributed by atoms with Gasteiger partial charge in [0, 0.05) is 15.5 Å². The predicted molar refractivity (Wildman–Crippen MR) is 85.6 cm³/mol. The highest BCUT2D eigenvalue weighted by molar-refractivity contribution is 9.10. The number of hydrogen-bond acceptors (Lipinski definition) is 1. The van der Waals surface area contributed by atoms with Crippen molar-refractivity contribution < 1.29 is 8.78 Å². The van der Waals surface area contributed by atoms with E-state index in [1.807, 2.05) is 19.1 Å². The molecule has 2 aromatic rings. The highest BCUT2D eigenvalue weighted by Crippen LogP contribution is 2.29. The van der Waals surface area contributed by atoms with E-state index in [-0.39, 0.29) is 6.04 Å². The minimum atomic E-state index is -0.826. The fourth-order valence-electron chi connectivity index (χ4n) is 2.25. The Hall–Kier alpha value is -0.970. The van der Waals surface area contributed by atoms with Crippen LogP contribution in [0.1, 0.15) is 24.1 Å². The lowest BCUT2D eigenvalue weighted by atomic mass is 9.98. The third-order valence-corrected chi connectivity index (χ3v) is 4.20. The summed E-state index contributed by atoms with van der Waals surface area (Å²) in [5.41, 5.74) is 1.26. The van der Waals surface area contributed by atoms with Gasteiger partial charge in [-0.25, -0.2) is 8.78 Å². The average molecular weight is 375 g/mol. The maximum Gasteiger partial charge on any atom is 0.162 e. The van der Waals surface area contributed by atoms with Crippen molar-refractivity contribution in [2.75, 3.05) is 6.54 Å². The smallest absolute Gasteiger partial charge is 0.162 e. The van der Waals surface area contributed by atoms with Crippen LogP contribution in [0.25, 0.3) is 0 Å². The zero-order valence-electron chi connectivity index (χ0n) is 11.5. The van der Waals surface area contributed by atoms with Crippen LogP contribution in [0, 0.1) is 11.6 Å². The summed E-state index contributed by atoms with van der Waals surface area (Å²) in [4.78, 5) is 0. The fourth-order valence-corrected chi connectivity index (χ4v) is 2.95. The van der Waals surface area contributed by atoms with Gasteiger partial charge in [0.15, 0.2) is 11.6 Å². The molecule has 1 N–H and O–H groups in total. The Morgan fingerprint density at radius 3 is 2.71 bits per heavy atom. The molecule has 2 aromatic carbocycles. The van der Waals surface area contributed by atoms with Crippen molar-refractivity contribution in [1.29, 1.82) is 0 Å². The van der Waals surface area contributed by atoms with E-state index in [0.717, 1.165) is 16.1 Å². The van der Waals surface area contributed by atoms with Gasteiger partial charge in [-0.3, -0.25) is 0 Å². The highest BCUT2D eigenvalue weighted by atomic mass is 79.9. The summed E-state index contributed by atoms with van der Waals surface area (Å²) in [5, 5.41) is 3.89. The summed E-state index contributed by atoms with van der Waals surface area (Å²) in [5.74, 6) is -1.62. The van der Waals surface area contributed by atoms with E-state index in [4.69, 9.17) is 11.6 Å². The molecule has 0 saturated heterocycles. The van der Waals surface area contributed by atoms with Crippen LogP contribution in [0.2, 0.25) is 5.02 Å². The molecule has 0 bridgehead atoms. The molecule has 5 heteroatoms. The van der Waals surface area contributed by atoms with Crippen LogP contribution in [0.4, 0.5) is 8.78 Å². The van der Waals surface area contributed by atoms with Gasteiger partial charge >= 0.3 is 0 Å². The first-order valence-corrected chi connectivity index (χ1v) is 7.81. The largest absolute Gasteiger partial charge is 0.310 e. The van der Waals surface area contributed by atoms with Crippen LogP contribution < -0.4 is 5.32 Å². The molecule has 0 aliphatic rings. The van der Waals surface area contributed by atoms with Gasteiger partial charge in [0.1, 0.15) is 0 Å². The summed E-state index contributed by atoms with van der Waals surface area (Å²) in [6.45, 7) is 2.67. The minimum absolute atomic E-state index is 0.153. The van der Waals surface area contributed by atoms with Crippen molar-refractivity contribution in [3.8, 4) is 0 Å². The zero-order valence-corrected chi connectivity index (χ0v) is 13.8. The van der Waals surface area contributed by atoms with E-state index in [0.29, 0.717) is 23.6 Å². The standard InChI is InChI=1S/C16H15BrClF2N/c1-2-21-15(12-9-11(18)6-7-13(12)17)8-10-4-3-5-14(19)16(10)20/h3-7,9,15,21H,2,8H2,1H3. The maximum absolute atomic E-state index is 13.9. The second kappa shape index (κ2) is 7.34. The molecule has 1 nitrogen and oxygen atoms in total. The van der Waals surface area contributed by atoms with Crippen LogP contribution in [-0.4, -0.2) is 6.54 Å². The van der Waals surface area contributed by atoms with Crippen LogP contribution >= 0.6 is 27.5 Å². The molecule has 0 amide bonds. The Kier molecular flexibility index (Phi) is 5.73. The van der Waals surface area contributed by atoms with Crippen molar-refractivity contribution in [1.82, 2.24) is 5.32 Å². The molecule has 0 spiro atoms. The predicted octanol–water partition coefficient (Wildman–Crippen LogP) is 5.27. The first-order valence-electron chi connectivity index (χ1n) is 6.64. The number of rotatable bonds is 5. The lowest BCUT2D eigenvalue weighted by molar-refractivity contribution is 0.481. The Morgan fingerprint density at radius 1 is 1.24 bits per heavy atom. The summed E-state index contributed by atoms with van der Waals surface area (Å²) in [7, 11) is 0. The summed E-state index contributed by atoms with van der Waals surface area (Å²) >= 11 is 9.52. The lowest BCUT2D eigenvalue weighted by Crippen LogP contribution is -2.24. The van der Waals surface area contributed by atoms with Gasteiger partial charge in [0.25, 0.3) is 0 Å². The van der Waals surface area contributed by atoms with Gasteiger partial charge < -0.3 is 5.32 Å². The molecular weight excluding hydrogens is 360 g/mol. The second-order valence-corrected chi connectivity index (χ2v) is 5.98. The molecule has 112 valence electrons. The van der Waals surface area contributed by atoms with Gasteiger partial charge in [0.2, 0.25) is 0 Å². The summed E-state index contributed by atoms with van der Waals surface area (Å²) in [6, 6.07) is 9.54. The lowest BCUT2D eigenvalue weighted by Gasteiger charge is -2.20. The Labute approximate surface area is 136 Å². The van der Waals surface area contributed by atoms with E-state index < -0.39 is 11.6 Å². The van der Waals surface area contributed by atoms with E-state index >= 15 is 0 Å². The Balaban J connectivity index is 2.35. The van der Waals surface area contributed by atoms with Crippen molar-refractivity contribution in [2.45, 2.75) is 19.4 Å².